The Labute approximate surface area is 76.0 Å². The van der Waals surface area contributed by atoms with Gasteiger partial charge in [0.2, 0.25) is 0 Å². The molecule has 0 N–H and O–H groups in total. The topological polar surface area (TPSA) is 9.23 Å². The van der Waals surface area contributed by atoms with Crippen molar-refractivity contribution < 1.29 is 27.0 Å². The van der Waals surface area contributed by atoms with E-state index in [0.29, 0.717) is 0 Å². The van der Waals surface area contributed by atoms with Gasteiger partial charge in [0.15, 0.2) is 0 Å². The highest BCUT2D eigenvalue weighted by Crippen LogP contribution is 2.43. The highest BCUT2D eigenvalue weighted by Gasteiger charge is 2.60. The van der Waals surface area contributed by atoms with Crippen molar-refractivity contribution >= 4 is 0 Å². The van der Waals surface area contributed by atoms with Crippen LogP contribution in [0.25, 0.3) is 0 Å². The zero-order valence-corrected chi connectivity index (χ0v) is 6.68. The third kappa shape index (κ3) is 1.70. The number of hydrogen-bond donors (Lipinski definition) is 0. The van der Waals surface area contributed by atoms with Crippen molar-refractivity contribution in [3.05, 3.63) is 35.9 Å². The number of halogens is 5. The van der Waals surface area contributed by atoms with E-state index in [4.69, 9.17) is 0 Å². The van der Waals surface area contributed by atoms with E-state index >= 15 is 0 Å². The van der Waals surface area contributed by atoms with Crippen LogP contribution < -0.4 is 0 Å². The first-order valence-corrected chi connectivity index (χ1v) is 3.53. The Kier molecular flexibility index (Phi) is 2.75. The zero-order valence-electron chi connectivity index (χ0n) is 6.68. The normalized spacial score (nSPS) is 16.4. The van der Waals surface area contributed by atoms with Gasteiger partial charge < -0.3 is 0 Å². The van der Waals surface area contributed by atoms with Crippen molar-refractivity contribution in [1.29, 1.82) is 0 Å². The first-order chi connectivity index (χ1) is 6.42. The molecule has 78 valence electrons. The number of hydrogen-bond acceptors (Lipinski definition) is 1. The monoisotopic (exact) mass is 212 g/mol. The second-order valence-corrected chi connectivity index (χ2v) is 2.54. The Morgan fingerprint density at radius 2 is 1.43 bits per heavy atom. The predicted molar refractivity (Wildman–Crippen MR) is 37.5 cm³/mol. The van der Waals surface area contributed by atoms with Gasteiger partial charge in [0.05, 0.1) is 0 Å². The molecule has 0 saturated heterocycles. The van der Waals surface area contributed by atoms with Crippen LogP contribution in [0.15, 0.2) is 30.3 Å². The van der Waals surface area contributed by atoms with Crippen LogP contribution in [0.3, 0.4) is 0 Å². The van der Waals surface area contributed by atoms with Gasteiger partial charge in [0.25, 0.3) is 0 Å². The van der Waals surface area contributed by atoms with Crippen molar-refractivity contribution in [2.75, 3.05) is 0 Å². The minimum atomic E-state index is -5.46. The van der Waals surface area contributed by atoms with E-state index < -0.39 is 17.6 Å². The molecule has 0 saturated carbocycles. The summed E-state index contributed by atoms with van der Waals surface area (Å²) in [5.74, 6) is -4.39. The highest BCUT2D eigenvalue weighted by molar-refractivity contribution is 5.21. The maximum absolute atomic E-state index is 13.0. The van der Waals surface area contributed by atoms with Gasteiger partial charge in [-0.25, -0.2) is 0 Å². The summed E-state index contributed by atoms with van der Waals surface area (Å²) in [4.78, 5) is 2.40. The van der Waals surface area contributed by atoms with E-state index in [2.05, 4.69) is 4.94 Å². The molecule has 0 fully saturated rings. The van der Waals surface area contributed by atoms with Crippen LogP contribution in [0, 0.1) is 0 Å². The fraction of sp³-hybridized carbons (Fsp3) is 0.250. The molecule has 0 aliphatic rings. The number of alkyl halides is 4. The molecule has 0 heterocycles. The average molecular weight is 212 g/mol. The summed E-state index contributed by atoms with van der Waals surface area (Å²) in [7, 11) is 0. The van der Waals surface area contributed by atoms with E-state index in [1.54, 1.807) is 0 Å². The Morgan fingerprint density at radius 3 is 1.79 bits per heavy atom. The maximum Gasteiger partial charge on any atom is 0.456 e. The lowest BCUT2D eigenvalue weighted by Crippen LogP contribution is -2.38. The summed E-state index contributed by atoms with van der Waals surface area (Å²) in [6, 6.07) is 5.24. The van der Waals surface area contributed by atoms with Gasteiger partial charge in [-0.15, -0.1) is 4.94 Å². The summed E-state index contributed by atoms with van der Waals surface area (Å²) in [5.41, 5.74) is -0.935. The Balaban J connectivity index is 3.15. The lowest BCUT2D eigenvalue weighted by molar-refractivity contribution is -0.411. The molecule has 1 aromatic carbocycles. The highest BCUT2D eigenvalue weighted by atomic mass is 19.4. The Morgan fingerprint density at radius 1 is 0.929 bits per heavy atom. The third-order valence-electron chi connectivity index (χ3n) is 1.62. The van der Waals surface area contributed by atoms with Gasteiger partial charge in [0.1, 0.15) is 0 Å². The quantitative estimate of drug-likeness (QED) is 0.683. The molecule has 0 amide bonds. The summed E-state index contributed by atoms with van der Waals surface area (Å²) in [6.07, 6.45) is -5.46. The van der Waals surface area contributed by atoms with Crippen LogP contribution >= 0.6 is 0 Å². The standard InChI is InChI=1S/C8H5F5O/c9-7(14-13,8(10,11)12)6-4-2-1-3-5-6/h1-5H/t7-/m1/s1. The molecule has 1 rings (SSSR count). The first-order valence-electron chi connectivity index (χ1n) is 3.53. The van der Waals surface area contributed by atoms with Crippen LogP contribution in [0.4, 0.5) is 22.1 Å². The van der Waals surface area contributed by atoms with E-state index in [1.165, 1.54) is 6.07 Å². The molecule has 1 nitrogen and oxygen atoms in total. The SMILES string of the molecule is FO[C@](F)(c1ccccc1)C(F)(F)F. The zero-order chi connectivity index (χ0) is 10.8. The van der Waals surface area contributed by atoms with Gasteiger partial charge in [-0.1, -0.05) is 30.3 Å². The van der Waals surface area contributed by atoms with E-state index in [9.17, 15) is 22.1 Å². The third-order valence-corrected chi connectivity index (χ3v) is 1.62. The minimum Gasteiger partial charge on any atom is -0.193 e. The van der Waals surface area contributed by atoms with Gasteiger partial charge in [0, 0.05) is 5.56 Å². The van der Waals surface area contributed by atoms with Crippen LogP contribution in [0.5, 0.6) is 0 Å². The lowest BCUT2D eigenvalue weighted by atomic mass is 10.1. The van der Waals surface area contributed by atoms with Crippen molar-refractivity contribution in [2.45, 2.75) is 12.0 Å². The van der Waals surface area contributed by atoms with Gasteiger partial charge in [-0.3, -0.25) is 0 Å². The Hall–Kier alpha value is -1.17. The van der Waals surface area contributed by atoms with Crippen molar-refractivity contribution in [3.8, 4) is 0 Å². The van der Waals surface area contributed by atoms with E-state index in [0.717, 1.165) is 24.3 Å². The molecule has 0 spiro atoms. The average Bonchev–Trinajstić information content (AvgIpc) is 2.16. The predicted octanol–water partition coefficient (Wildman–Crippen LogP) is 3.27. The van der Waals surface area contributed by atoms with Crippen molar-refractivity contribution in [3.63, 3.8) is 0 Å². The molecule has 0 aliphatic carbocycles. The fourth-order valence-corrected chi connectivity index (χ4v) is 0.904. The van der Waals surface area contributed by atoms with Crippen molar-refractivity contribution in [1.82, 2.24) is 0 Å². The second kappa shape index (κ2) is 3.53. The molecule has 0 aromatic heterocycles. The van der Waals surface area contributed by atoms with Crippen LogP contribution in [0.1, 0.15) is 5.56 Å². The van der Waals surface area contributed by atoms with Crippen LogP contribution in [-0.2, 0) is 10.8 Å². The summed E-state index contributed by atoms with van der Waals surface area (Å²) in [6.45, 7) is 0. The van der Waals surface area contributed by atoms with Crippen molar-refractivity contribution in [2.24, 2.45) is 0 Å². The Bertz CT molecular complexity index is 296. The van der Waals surface area contributed by atoms with E-state index in [1.807, 2.05) is 0 Å². The summed E-state index contributed by atoms with van der Waals surface area (Å²) in [5, 5.41) is 0. The summed E-state index contributed by atoms with van der Waals surface area (Å²) < 4.78 is 60.8. The molecule has 6 heteroatoms. The summed E-state index contributed by atoms with van der Waals surface area (Å²) >= 11 is 0. The second-order valence-electron chi connectivity index (χ2n) is 2.54. The molecule has 1 aromatic rings. The number of benzene rings is 1. The van der Waals surface area contributed by atoms with Gasteiger partial charge in [-0.05, 0) is 4.53 Å². The maximum atomic E-state index is 13.0. The molecule has 1 atom stereocenters. The molecule has 0 unspecified atom stereocenters. The van der Waals surface area contributed by atoms with E-state index in [-0.39, 0.29) is 0 Å². The number of rotatable bonds is 2. The molecular formula is C8H5F5O. The smallest absolute Gasteiger partial charge is 0.193 e. The van der Waals surface area contributed by atoms with Gasteiger partial charge >= 0.3 is 12.0 Å². The lowest BCUT2D eigenvalue weighted by Gasteiger charge is -2.23. The first kappa shape index (κ1) is 10.9. The fourth-order valence-electron chi connectivity index (χ4n) is 0.904. The molecular weight excluding hydrogens is 207 g/mol. The molecule has 0 bridgehead atoms. The van der Waals surface area contributed by atoms with Gasteiger partial charge in [-0.2, -0.15) is 17.6 Å². The molecule has 0 aliphatic heterocycles. The van der Waals surface area contributed by atoms with Crippen LogP contribution in [-0.4, -0.2) is 6.18 Å². The van der Waals surface area contributed by atoms with Crippen LogP contribution in [0.2, 0.25) is 0 Å². The molecule has 14 heavy (non-hydrogen) atoms. The largest absolute Gasteiger partial charge is 0.456 e. The minimum absolute atomic E-state index is 0.785. The molecule has 0 radical (unpaired) electrons.